The third kappa shape index (κ3) is 4.46. The van der Waals surface area contributed by atoms with Gasteiger partial charge in [-0.15, -0.1) is 0 Å². The molecule has 0 saturated heterocycles. The minimum atomic E-state index is -0.235. The number of nitrogens with one attached hydrogen (secondary N) is 1. The van der Waals surface area contributed by atoms with Gasteiger partial charge in [0, 0.05) is 12.2 Å². The highest BCUT2D eigenvalue weighted by Crippen LogP contribution is 2.17. The van der Waals surface area contributed by atoms with Crippen LogP contribution < -0.4 is 14.8 Å². The summed E-state index contributed by atoms with van der Waals surface area (Å²) in [4.78, 5) is 0. The van der Waals surface area contributed by atoms with Crippen LogP contribution in [0.3, 0.4) is 0 Å². The highest BCUT2D eigenvalue weighted by Gasteiger charge is 1.96. The Labute approximate surface area is 118 Å². The fourth-order valence-electron chi connectivity index (χ4n) is 1.73. The Balaban J connectivity index is 1.71. The molecule has 2 rings (SSSR count). The van der Waals surface area contributed by atoms with E-state index in [1.54, 1.807) is 12.1 Å². The summed E-state index contributed by atoms with van der Waals surface area (Å²) in [6.07, 6.45) is 0. The molecule has 0 spiro atoms. The molecule has 0 radical (unpaired) electrons. The maximum Gasteiger partial charge on any atom is 0.123 e. The van der Waals surface area contributed by atoms with Gasteiger partial charge in [0.25, 0.3) is 0 Å². The molecule has 4 heteroatoms. The van der Waals surface area contributed by atoms with Crippen LogP contribution in [0.5, 0.6) is 11.5 Å². The molecule has 0 aliphatic carbocycles. The summed E-state index contributed by atoms with van der Waals surface area (Å²) in [6, 6.07) is 13.8. The molecule has 0 unspecified atom stereocenters. The van der Waals surface area contributed by atoms with Gasteiger partial charge >= 0.3 is 0 Å². The average molecular weight is 275 g/mol. The second-order valence-corrected chi connectivity index (χ2v) is 4.19. The lowest BCUT2D eigenvalue weighted by Gasteiger charge is -2.09. The van der Waals surface area contributed by atoms with Gasteiger partial charge in [0.05, 0.1) is 6.61 Å². The molecule has 0 bridgehead atoms. The van der Waals surface area contributed by atoms with Crippen molar-refractivity contribution >= 4 is 5.69 Å². The second kappa shape index (κ2) is 7.38. The number of hydrogen-bond acceptors (Lipinski definition) is 3. The molecular formula is C16H18FNO2. The van der Waals surface area contributed by atoms with E-state index in [-0.39, 0.29) is 5.82 Å². The Kier molecular flexibility index (Phi) is 5.24. The number of benzene rings is 2. The van der Waals surface area contributed by atoms with E-state index in [0.29, 0.717) is 19.8 Å². The molecule has 2 aromatic rings. The molecule has 0 aliphatic heterocycles. The SMILES string of the molecule is CCOc1ccc(OCCNc2ccc(F)cc2)cc1. The highest BCUT2D eigenvalue weighted by molar-refractivity contribution is 5.42. The van der Waals surface area contributed by atoms with Crippen molar-refractivity contribution in [1.82, 2.24) is 0 Å². The van der Waals surface area contributed by atoms with Crippen LogP contribution in [0.4, 0.5) is 10.1 Å². The summed E-state index contributed by atoms with van der Waals surface area (Å²) in [5.74, 6) is 1.40. The zero-order chi connectivity index (χ0) is 14.2. The van der Waals surface area contributed by atoms with Crippen LogP contribution >= 0.6 is 0 Å². The zero-order valence-electron chi connectivity index (χ0n) is 11.4. The number of rotatable bonds is 7. The standard InChI is InChI=1S/C16H18FNO2/c1-2-19-15-7-9-16(10-8-15)20-12-11-18-14-5-3-13(17)4-6-14/h3-10,18H,2,11-12H2,1H3. The first-order chi connectivity index (χ1) is 9.78. The van der Waals surface area contributed by atoms with Crippen molar-refractivity contribution in [3.63, 3.8) is 0 Å². The van der Waals surface area contributed by atoms with Crippen molar-refractivity contribution in [2.75, 3.05) is 25.1 Å². The molecule has 3 nitrogen and oxygen atoms in total. The Morgan fingerprint density at radius 1 is 0.900 bits per heavy atom. The van der Waals surface area contributed by atoms with Gasteiger partial charge in [-0.1, -0.05) is 0 Å². The van der Waals surface area contributed by atoms with Crippen molar-refractivity contribution in [3.8, 4) is 11.5 Å². The van der Waals surface area contributed by atoms with E-state index in [1.807, 2.05) is 31.2 Å². The molecule has 20 heavy (non-hydrogen) atoms. The van der Waals surface area contributed by atoms with Gasteiger partial charge in [0.1, 0.15) is 23.9 Å². The summed E-state index contributed by atoms with van der Waals surface area (Å²) in [5.41, 5.74) is 0.877. The van der Waals surface area contributed by atoms with E-state index >= 15 is 0 Å². The normalized spacial score (nSPS) is 10.1. The highest BCUT2D eigenvalue weighted by atomic mass is 19.1. The molecule has 0 aliphatic rings. The molecule has 2 aromatic carbocycles. The van der Waals surface area contributed by atoms with Gasteiger partial charge in [-0.25, -0.2) is 4.39 Å². The molecule has 1 N–H and O–H groups in total. The fourth-order valence-corrected chi connectivity index (χ4v) is 1.73. The smallest absolute Gasteiger partial charge is 0.123 e. The maximum atomic E-state index is 12.7. The summed E-state index contributed by atoms with van der Waals surface area (Å²) in [6.45, 7) is 3.79. The average Bonchev–Trinajstić information content (AvgIpc) is 2.47. The number of ether oxygens (including phenoxy) is 2. The molecule has 0 fully saturated rings. The summed E-state index contributed by atoms with van der Waals surface area (Å²) in [7, 11) is 0. The summed E-state index contributed by atoms with van der Waals surface area (Å²) >= 11 is 0. The van der Waals surface area contributed by atoms with Crippen molar-refractivity contribution in [2.45, 2.75) is 6.92 Å². The van der Waals surface area contributed by atoms with Crippen LogP contribution in [0, 0.1) is 5.82 Å². The van der Waals surface area contributed by atoms with Crippen LogP contribution in [0.1, 0.15) is 6.92 Å². The Morgan fingerprint density at radius 2 is 1.50 bits per heavy atom. The third-order valence-electron chi connectivity index (χ3n) is 2.68. The van der Waals surface area contributed by atoms with Gasteiger partial charge < -0.3 is 14.8 Å². The fraction of sp³-hybridized carbons (Fsp3) is 0.250. The molecule has 0 heterocycles. The molecule has 0 amide bonds. The van der Waals surface area contributed by atoms with Crippen molar-refractivity contribution in [3.05, 3.63) is 54.3 Å². The minimum absolute atomic E-state index is 0.235. The molecular weight excluding hydrogens is 257 g/mol. The van der Waals surface area contributed by atoms with E-state index in [2.05, 4.69) is 5.32 Å². The van der Waals surface area contributed by atoms with E-state index in [4.69, 9.17) is 9.47 Å². The van der Waals surface area contributed by atoms with E-state index < -0.39 is 0 Å². The predicted molar refractivity (Wildman–Crippen MR) is 78.0 cm³/mol. The minimum Gasteiger partial charge on any atom is -0.494 e. The van der Waals surface area contributed by atoms with Crippen LogP contribution in [0.2, 0.25) is 0 Å². The first kappa shape index (κ1) is 14.2. The van der Waals surface area contributed by atoms with Gasteiger partial charge in [-0.2, -0.15) is 0 Å². The first-order valence-electron chi connectivity index (χ1n) is 6.63. The number of anilines is 1. The van der Waals surface area contributed by atoms with Gasteiger partial charge in [0.15, 0.2) is 0 Å². The quantitative estimate of drug-likeness (QED) is 0.781. The van der Waals surface area contributed by atoms with E-state index in [9.17, 15) is 4.39 Å². The van der Waals surface area contributed by atoms with E-state index in [0.717, 1.165) is 17.2 Å². The van der Waals surface area contributed by atoms with Crippen LogP contribution in [0.25, 0.3) is 0 Å². The van der Waals surface area contributed by atoms with E-state index in [1.165, 1.54) is 12.1 Å². The van der Waals surface area contributed by atoms with Crippen molar-refractivity contribution in [2.24, 2.45) is 0 Å². The summed E-state index contributed by atoms with van der Waals surface area (Å²) in [5, 5.41) is 3.16. The lowest BCUT2D eigenvalue weighted by atomic mass is 10.3. The van der Waals surface area contributed by atoms with Gasteiger partial charge in [-0.05, 0) is 55.5 Å². The zero-order valence-corrected chi connectivity index (χ0v) is 11.4. The van der Waals surface area contributed by atoms with Crippen LogP contribution in [-0.2, 0) is 0 Å². The third-order valence-corrected chi connectivity index (χ3v) is 2.68. The van der Waals surface area contributed by atoms with Gasteiger partial charge in [-0.3, -0.25) is 0 Å². The topological polar surface area (TPSA) is 30.5 Å². The Morgan fingerprint density at radius 3 is 2.10 bits per heavy atom. The first-order valence-corrected chi connectivity index (χ1v) is 6.63. The number of hydrogen-bond donors (Lipinski definition) is 1. The predicted octanol–water partition coefficient (Wildman–Crippen LogP) is 3.72. The molecule has 0 saturated carbocycles. The van der Waals surface area contributed by atoms with Crippen molar-refractivity contribution < 1.29 is 13.9 Å². The monoisotopic (exact) mass is 275 g/mol. The molecule has 106 valence electrons. The number of halogens is 1. The molecule has 0 aromatic heterocycles. The van der Waals surface area contributed by atoms with Gasteiger partial charge in [0.2, 0.25) is 0 Å². The molecule has 0 atom stereocenters. The second-order valence-electron chi connectivity index (χ2n) is 4.19. The Bertz CT molecular complexity index is 511. The van der Waals surface area contributed by atoms with Crippen LogP contribution in [0.15, 0.2) is 48.5 Å². The van der Waals surface area contributed by atoms with Crippen LogP contribution in [-0.4, -0.2) is 19.8 Å². The Hall–Kier alpha value is -2.23. The maximum absolute atomic E-state index is 12.7. The summed E-state index contributed by atoms with van der Waals surface area (Å²) < 4.78 is 23.7. The lowest BCUT2D eigenvalue weighted by Crippen LogP contribution is -2.11. The lowest BCUT2D eigenvalue weighted by molar-refractivity contribution is 0.326. The van der Waals surface area contributed by atoms with Crippen molar-refractivity contribution in [1.29, 1.82) is 0 Å². The largest absolute Gasteiger partial charge is 0.494 e.